The highest BCUT2D eigenvalue weighted by atomic mass is 16.3. The lowest BCUT2D eigenvalue weighted by atomic mass is 9.38. The maximum atomic E-state index is 14.2. The van der Waals surface area contributed by atoms with Crippen LogP contribution in [0.5, 0.6) is 0 Å². The summed E-state index contributed by atoms with van der Waals surface area (Å²) in [6.07, 6.45) is 8.40. The molecule has 3 fully saturated rings. The molecule has 4 rings (SSSR count). The second-order valence-electron chi connectivity index (χ2n) is 14.4. The van der Waals surface area contributed by atoms with Crippen LogP contribution in [0, 0.1) is 45.3 Å². The molecular formula is C30H50O4. The van der Waals surface area contributed by atoms with Crippen LogP contribution in [-0.4, -0.2) is 38.9 Å². The fraction of sp³-hybridized carbons (Fsp3) is 0.900. The molecule has 4 heteroatoms. The van der Waals surface area contributed by atoms with Crippen molar-refractivity contribution in [1.82, 2.24) is 0 Å². The Bertz CT molecular complexity index is 852. The first kappa shape index (κ1) is 26.4. The molecule has 3 N–H and O–H groups in total. The van der Waals surface area contributed by atoms with Gasteiger partial charge in [-0.15, -0.1) is 0 Å². The third-order valence-corrected chi connectivity index (χ3v) is 12.1. The molecule has 0 aromatic heterocycles. The minimum atomic E-state index is -1.08. The van der Waals surface area contributed by atoms with Gasteiger partial charge in [0.25, 0.3) is 0 Å². The number of carbonyl (C=O) groups excluding carboxylic acids is 1. The van der Waals surface area contributed by atoms with E-state index in [9.17, 15) is 20.1 Å². The summed E-state index contributed by atoms with van der Waals surface area (Å²) in [5, 5.41) is 31.3. The maximum absolute atomic E-state index is 14.2. The van der Waals surface area contributed by atoms with Gasteiger partial charge in [-0.05, 0) is 93.3 Å². The molecule has 0 aliphatic heterocycles. The number of Topliss-reactive ketones (excluding diaryl/α,β-unsaturated/α-hetero) is 1. The van der Waals surface area contributed by atoms with Gasteiger partial charge >= 0.3 is 0 Å². The van der Waals surface area contributed by atoms with Gasteiger partial charge in [0.15, 0.2) is 0 Å². The smallest absolute Gasteiger partial charge is 0.140 e. The molecule has 4 nitrogen and oxygen atoms in total. The molecule has 4 aliphatic carbocycles. The van der Waals surface area contributed by atoms with Crippen molar-refractivity contribution in [3.63, 3.8) is 0 Å². The average Bonchev–Trinajstić information content (AvgIpc) is 2.99. The van der Waals surface area contributed by atoms with Crippen LogP contribution in [-0.2, 0) is 4.79 Å². The number of aliphatic hydroxyl groups is 3. The van der Waals surface area contributed by atoms with E-state index in [1.807, 2.05) is 0 Å². The summed E-state index contributed by atoms with van der Waals surface area (Å²) in [6, 6.07) is 0. The van der Waals surface area contributed by atoms with Gasteiger partial charge in [0, 0.05) is 17.3 Å². The Balaban J connectivity index is 1.64. The minimum Gasteiger partial charge on any atom is -0.392 e. The van der Waals surface area contributed by atoms with Gasteiger partial charge in [0.05, 0.1) is 17.8 Å². The summed E-state index contributed by atoms with van der Waals surface area (Å²) in [6.45, 7) is 17.1. The monoisotopic (exact) mass is 474 g/mol. The number of hydrogen-bond donors (Lipinski definition) is 3. The molecule has 0 aromatic rings. The SMILES string of the molecule is C[C@H](CCC(O)C(C)(C)O)[C@H]1CC[C@]2(C)[C@@H]3CC=C4[C@@H](CC[C@H](O)C4(C)C)[C@@]3(C)C(=O)C[C@@]12C. The first-order chi connectivity index (χ1) is 15.5. The lowest BCUT2D eigenvalue weighted by Gasteiger charge is -2.64. The molecule has 9 atom stereocenters. The van der Waals surface area contributed by atoms with Crippen LogP contribution >= 0.6 is 0 Å². The largest absolute Gasteiger partial charge is 0.392 e. The first-order valence-electron chi connectivity index (χ1n) is 13.8. The number of fused-ring (bicyclic) bond motifs is 5. The van der Waals surface area contributed by atoms with Gasteiger partial charge in [-0.25, -0.2) is 0 Å². The lowest BCUT2D eigenvalue weighted by Crippen LogP contribution is -2.63. The van der Waals surface area contributed by atoms with Crippen LogP contribution in [0.3, 0.4) is 0 Å². The van der Waals surface area contributed by atoms with Crippen molar-refractivity contribution < 1.29 is 20.1 Å². The molecule has 1 unspecified atom stereocenters. The zero-order valence-corrected chi connectivity index (χ0v) is 22.9. The van der Waals surface area contributed by atoms with Crippen molar-refractivity contribution in [3.8, 4) is 0 Å². The van der Waals surface area contributed by atoms with Crippen LogP contribution in [0.1, 0.15) is 107 Å². The van der Waals surface area contributed by atoms with Crippen molar-refractivity contribution in [2.24, 2.45) is 45.3 Å². The Morgan fingerprint density at radius 2 is 1.71 bits per heavy atom. The number of allylic oxidation sites excluding steroid dienone is 1. The fourth-order valence-electron chi connectivity index (χ4n) is 9.35. The van der Waals surface area contributed by atoms with Crippen molar-refractivity contribution in [2.75, 3.05) is 0 Å². The number of aliphatic hydroxyl groups excluding tert-OH is 2. The number of hydrogen-bond acceptors (Lipinski definition) is 4. The Labute approximate surface area is 207 Å². The quantitative estimate of drug-likeness (QED) is 0.448. The summed E-state index contributed by atoms with van der Waals surface area (Å²) in [5.41, 5.74) is -0.287. The summed E-state index contributed by atoms with van der Waals surface area (Å²) >= 11 is 0. The first-order valence-corrected chi connectivity index (χ1v) is 13.8. The van der Waals surface area contributed by atoms with E-state index >= 15 is 0 Å². The Morgan fingerprint density at radius 3 is 2.32 bits per heavy atom. The molecule has 0 bridgehead atoms. The van der Waals surface area contributed by atoms with E-state index in [1.54, 1.807) is 13.8 Å². The van der Waals surface area contributed by atoms with E-state index in [-0.39, 0.29) is 33.7 Å². The number of rotatable bonds is 5. The maximum Gasteiger partial charge on any atom is 0.140 e. The van der Waals surface area contributed by atoms with E-state index < -0.39 is 11.7 Å². The predicted molar refractivity (Wildman–Crippen MR) is 136 cm³/mol. The van der Waals surface area contributed by atoms with E-state index in [0.29, 0.717) is 36.4 Å². The summed E-state index contributed by atoms with van der Waals surface area (Å²) in [5.74, 6) is 1.88. The zero-order chi connectivity index (χ0) is 25.5. The third-order valence-electron chi connectivity index (χ3n) is 12.1. The Hall–Kier alpha value is -0.710. The van der Waals surface area contributed by atoms with E-state index in [0.717, 1.165) is 38.5 Å². The highest BCUT2D eigenvalue weighted by Crippen LogP contribution is 2.74. The fourth-order valence-corrected chi connectivity index (χ4v) is 9.35. The predicted octanol–water partition coefficient (Wildman–Crippen LogP) is 5.68. The average molecular weight is 475 g/mol. The van der Waals surface area contributed by atoms with E-state index in [1.165, 1.54) is 5.57 Å². The molecule has 0 amide bonds. The molecule has 0 radical (unpaired) electrons. The minimum absolute atomic E-state index is 0.0393. The molecule has 194 valence electrons. The van der Waals surface area contributed by atoms with Gasteiger partial charge in [-0.2, -0.15) is 0 Å². The standard InChI is InChI=1S/C30H50O4/c1-18(9-13-24(32)27(4,5)34)19-15-16-28(6)22-12-10-20-21(11-14-23(31)26(20,2)3)30(22,8)25(33)17-29(19,28)7/h10,18-19,21-24,31-32,34H,9,11-17H2,1-8H3/t18-,19-,21-,22+,23+,24?,28-,29+,30-/m1/s1. The van der Waals surface area contributed by atoms with Crippen LogP contribution in [0.15, 0.2) is 11.6 Å². The molecular weight excluding hydrogens is 424 g/mol. The Kier molecular flexibility index (Phi) is 6.32. The highest BCUT2D eigenvalue weighted by Gasteiger charge is 2.70. The second kappa shape index (κ2) is 8.15. The summed E-state index contributed by atoms with van der Waals surface area (Å²) in [4.78, 5) is 14.2. The van der Waals surface area contributed by atoms with E-state index in [2.05, 4.69) is 47.6 Å². The summed E-state index contributed by atoms with van der Waals surface area (Å²) < 4.78 is 0. The summed E-state index contributed by atoms with van der Waals surface area (Å²) in [7, 11) is 0. The molecule has 0 aromatic carbocycles. The molecule has 0 saturated heterocycles. The van der Waals surface area contributed by atoms with Crippen LogP contribution in [0.4, 0.5) is 0 Å². The number of ketones is 1. The van der Waals surface area contributed by atoms with Gasteiger partial charge in [-0.3, -0.25) is 4.79 Å². The molecule has 3 saturated carbocycles. The molecule has 4 aliphatic rings. The van der Waals surface area contributed by atoms with Crippen LogP contribution in [0.2, 0.25) is 0 Å². The van der Waals surface area contributed by atoms with Gasteiger partial charge in [-0.1, -0.05) is 53.2 Å². The van der Waals surface area contributed by atoms with Crippen molar-refractivity contribution in [1.29, 1.82) is 0 Å². The molecule has 34 heavy (non-hydrogen) atoms. The van der Waals surface area contributed by atoms with Crippen LogP contribution < -0.4 is 0 Å². The van der Waals surface area contributed by atoms with Crippen LogP contribution in [0.25, 0.3) is 0 Å². The van der Waals surface area contributed by atoms with Gasteiger partial charge in [0.2, 0.25) is 0 Å². The van der Waals surface area contributed by atoms with E-state index in [4.69, 9.17) is 0 Å². The third kappa shape index (κ3) is 3.52. The van der Waals surface area contributed by atoms with Gasteiger partial charge < -0.3 is 15.3 Å². The second-order valence-corrected chi connectivity index (χ2v) is 14.4. The molecule has 0 spiro atoms. The zero-order valence-electron chi connectivity index (χ0n) is 22.9. The van der Waals surface area contributed by atoms with Gasteiger partial charge in [0.1, 0.15) is 5.78 Å². The van der Waals surface area contributed by atoms with Crippen molar-refractivity contribution >= 4 is 5.78 Å². The van der Waals surface area contributed by atoms with Crippen molar-refractivity contribution in [2.45, 2.75) is 125 Å². The molecule has 0 heterocycles. The normalized spacial score (nSPS) is 45.6. The van der Waals surface area contributed by atoms with Crippen molar-refractivity contribution in [3.05, 3.63) is 11.6 Å². The topological polar surface area (TPSA) is 77.8 Å². The lowest BCUT2D eigenvalue weighted by molar-refractivity contribution is -0.172. The number of carbonyl (C=O) groups is 1. The highest BCUT2D eigenvalue weighted by molar-refractivity contribution is 5.88. The Morgan fingerprint density at radius 1 is 1.06 bits per heavy atom.